The van der Waals surface area contributed by atoms with Gasteiger partial charge >= 0.3 is 0 Å². The van der Waals surface area contributed by atoms with Crippen LogP contribution in [0.1, 0.15) is 18.7 Å². The van der Waals surface area contributed by atoms with Gasteiger partial charge in [0.2, 0.25) is 5.95 Å². The molecule has 3 aromatic heterocycles. The zero-order valence-corrected chi connectivity index (χ0v) is 16.7. The Hall–Kier alpha value is -4.33. The number of anilines is 2. The molecule has 1 atom stereocenters. The largest absolute Gasteiger partial charge is 0.328 e. The Morgan fingerprint density at radius 2 is 1.77 bits per heavy atom. The summed E-state index contributed by atoms with van der Waals surface area (Å²) in [6.45, 7) is 1.86. The Kier molecular flexibility index (Phi) is 4.72. The molecule has 4 heterocycles. The highest BCUT2D eigenvalue weighted by molar-refractivity contribution is 6.05. The minimum atomic E-state index is -0.524. The summed E-state index contributed by atoms with van der Waals surface area (Å²) in [5, 5.41) is 10.9. The summed E-state index contributed by atoms with van der Waals surface area (Å²) < 4.78 is 1.71. The second-order valence-corrected chi connectivity index (χ2v) is 7.08. The average molecular weight is 409 g/mol. The van der Waals surface area contributed by atoms with Crippen LogP contribution >= 0.6 is 0 Å². The van der Waals surface area contributed by atoms with Crippen LogP contribution in [0.15, 0.2) is 90.5 Å². The van der Waals surface area contributed by atoms with Crippen molar-refractivity contribution < 1.29 is 4.79 Å². The summed E-state index contributed by atoms with van der Waals surface area (Å²) in [4.78, 5) is 26.6. The van der Waals surface area contributed by atoms with E-state index in [1.54, 1.807) is 23.3 Å². The lowest BCUT2D eigenvalue weighted by molar-refractivity contribution is -0.113. The maximum Gasteiger partial charge on any atom is 0.255 e. The summed E-state index contributed by atoms with van der Waals surface area (Å²) in [6, 6.07) is 18.2. The van der Waals surface area contributed by atoms with Crippen LogP contribution < -0.4 is 10.6 Å². The van der Waals surface area contributed by atoms with Crippen LogP contribution in [-0.2, 0) is 4.79 Å². The molecule has 1 amide bonds. The number of para-hydroxylation sites is 1. The van der Waals surface area contributed by atoms with Gasteiger partial charge in [-0.2, -0.15) is 4.98 Å². The molecule has 4 aromatic rings. The molecular formula is C23H19N7O. The maximum atomic E-state index is 13.3. The van der Waals surface area contributed by atoms with Crippen molar-refractivity contribution in [1.29, 1.82) is 0 Å². The molecule has 0 aliphatic carbocycles. The molecule has 0 spiro atoms. The van der Waals surface area contributed by atoms with Crippen LogP contribution in [0.4, 0.5) is 11.6 Å². The lowest BCUT2D eigenvalue weighted by atomic mass is 9.98. The van der Waals surface area contributed by atoms with E-state index in [9.17, 15) is 4.79 Å². The van der Waals surface area contributed by atoms with Gasteiger partial charge < -0.3 is 10.6 Å². The first-order valence-corrected chi connectivity index (χ1v) is 9.83. The highest BCUT2D eigenvalue weighted by Gasteiger charge is 2.35. The zero-order chi connectivity index (χ0) is 21.2. The van der Waals surface area contributed by atoms with E-state index < -0.39 is 6.04 Å². The molecule has 152 valence electrons. The molecule has 31 heavy (non-hydrogen) atoms. The maximum absolute atomic E-state index is 13.3. The average Bonchev–Trinajstić information content (AvgIpc) is 3.23. The summed E-state index contributed by atoms with van der Waals surface area (Å²) >= 11 is 0. The van der Waals surface area contributed by atoms with Gasteiger partial charge in [0.25, 0.3) is 5.91 Å². The first kappa shape index (κ1) is 18.7. The second kappa shape index (κ2) is 7.83. The van der Waals surface area contributed by atoms with E-state index in [1.807, 2.05) is 67.6 Å². The predicted octanol–water partition coefficient (Wildman–Crippen LogP) is 3.66. The van der Waals surface area contributed by atoms with Gasteiger partial charge in [-0.15, -0.1) is 5.10 Å². The van der Waals surface area contributed by atoms with Crippen molar-refractivity contribution in [1.82, 2.24) is 24.7 Å². The minimum Gasteiger partial charge on any atom is -0.328 e. The fraction of sp³-hybridized carbons (Fsp3) is 0.0870. The van der Waals surface area contributed by atoms with Gasteiger partial charge in [0, 0.05) is 35.5 Å². The number of rotatable bonds is 4. The molecule has 8 nitrogen and oxygen atoms in total. The second-order valence-electron chi connectivity index (χ2n) is 7.08. The van der Waals surface area contributed by atoms with Crippen LogP contribution in [0.25, 0.3) is 11.4 Å². The lowest BCUT2D eigenvalue weighted by Gasteiger charge is -2.28. The highest BCUT2D eigenvalue weighted by Crippen LogP contribution is 2.35. The van der Waals surface area contributed by atoms with Crippen molar-refractivity contribution >= 4 is 17.5 Å². The van der Waals surface area contributed by atoms with Gasteiger partial charge in [-0.25, -0.2) is 4.68 Å². The Bertz CT molecular complexity index is 1250. The summed E-state index contributed by atoms with van der Waals surface area (Å²) in [6.07, 6.45) is 5.10. The number of amides is 1. The van der Waals surface area contributed by atoms with Crippen molar-refractivity contribution in [2.24, 2.45) is 0 Å². The number of nitrogens with zero attached hydrogens (tertiary/aromatic N) is 5. The molecule has 8 heteroatoms. The zero-order valence-electron chi connectivity index (χ0n) is 16.7. The van der Waals surface area contributed by atoms with Crippen LogP contribution in [0.5, 0.6) is 0 Å². The number of pyridine rings is 2. The third-order valence-electron chi connectivity index (χ3n) is 5.04. The first-order valence-electron chi connectivity index (χ1n) is 9.83. The SMILES string of the molecule is CC1=C(C(=O)Nc2ccccc2)C(c2ccccn2)n2nc(-c3ccncc3)nc2N1. The summed E-state index contributed by atoms with van der Waals surface area (Å²) in [5.74, 6) is 0.873. The molecule has 1 aliphatic rings. The van der Waals surface area contributed by atoms with Gasteiger partial charge in [-0.05, 0) is 43.3 Å². The molecule has 2 N–H and O–H groups in total. The molecule has 1 unspecified atom stereocenters. The number of carbonyl (C=O) groups excluding carboxylic acids is 1. The van der Waals surface area contributed by atoms with Crippen molar-refractivity contribution in [3.8, 4) is 11.4 Å². The molecule has 1 aliphatic heterocycles. The van der Waals surface area contributed by atoms with Crippen molar-refractivity contribution in [2.45, 2.75) is 13.0 Å². The Morgan fingerprint density at radius 3 is 2.52 bits per heavy atom. The van der Waals surface area contributed by atoms with Gasteiger partial charge in [-0.3, -0.25) is 14.8 Å². The Balaban J connectivity index is 1.60. The Labute approximate surface area is 178 Å². The smallest absolute Gasteiger partial charge is 0.255 e. The number of carbonyl (C=O) groups is 1. The number of allylic oxidation sites excluding steroid dienone is 1. The van der Waals surface area contributed by atoms with Gasteiger partial charge in [0.15, 0.2) is 5.82 Å². The third-order valence-corrected chi connectivity index (χ3v) is 5.04. The molecule has 0 bridgehead atoms. The standard InChI is InChI=1S/C23H19N7O/c1-15-19(22(31)27-17-7-3-2-4-8-17)20(18-9-5-6-12-25-18)30-23(26-15)28-21(29-30)16-10-13-24-14-11-16/h2-14,20H,1H3,(H,27,31)(H,26,28,29). The third kappa shape index (κ3) is 3.55. The van der Waals surface area contributed by atoms with Crippen LogP contribution in [0, 0.1) is 0 Å². The van der Waals surface area contributed by atoms with Crippen LogP contribution in [0.2, 0.25) is 0 Å². The molecular weight excluding hydrogens is 390 g/mol. The van der Waals surface area contributed by atoms with Crippen LogP contribution in [0.3, 0.4) is 0 Å². The fourth-order valence-corrected chi connectivity index (χ4v) is 3.60. The quantitative estimate of drug-likeness (QED) is 0.534. The number of hydrogen-bond acceptors (Lipinski definition) is 6. The molecule has 1 aromatic carbocycles. The van der Waals surface area contributed by atoms with E-state index >= 15 is 0 Å². The summed E-state index contributed by atoms with van der Waals surface area (Å²) in [5.41, 5.74) is 3.49. The summed E-state index contributed by atoms with van der Waals surface area (Å²) in [7, 11) is 0. The molecule has 5 rings (SSSR count). The van der Waals surface area contributed by atoms with E-state index in [4.69, 9.17) is 5.10 Å². The number of nitrogens with one attached hydrogen (secondary N) is 2. The molecule has 0 saturated heterocycles. The number of benzene rings is 1. The van der Waals surface area contributed by atoms with Crippen LogP contribution in [-0.4, -0.2) is 30.6 Å². The van der Waals surface area contributed by atoms with Gasteiger partial charge in [-0.1, -0.05) is 24.3 Å². The monoisotopic (exact) mass is 409 g/mol. The van der Waals surface area contributed by atoms with E-state index in [-0.39, 0.29) is 5.91 Å². The number of fused-ring (bicyclic) bond motifs is 1. The normalized spacial score (nSPS) is 15.2. The first-order chi connectivity index (χ1) is 15.2. The molecule has 0 fully saturated rings. The molecule has 0 saturated carbocycles. The lowest BCUT2D eigenvalue weighted by Crippen LogP contribution is -2.32. The van der Waals surface area contributed by atoms with E-state index in [0.29, 0.717) is 28.7 Å². The van der Waals surface area contributed by atoms with Crippen molar-refractivity contribution in [3.05, 3.63) is 96.2 Å². The van der Waals surface area contributed by atoms with E-state index in [1.165, 1.54) is 0 Å². The van der Waals surface area contributed by atoms with Gasteiger partial charge in [0.05, 0.1) is 11.3 Å². The molecule has 0 radical (unpaired) electrons. The minimum absolute atomic E-state index is 0.224. The highest BCUT2D eigenvalue weighted by atomic mass is 16.1. The number of hydrogen-bond donors (Lipinski definition) is 2. The van der Waals surface area contributed by atoms with Gasteiger partial charge in [0.1, 0.15) is 6.04 Å². The van der Waals surface area contributed by atoms with Crippen molar-refractivity contribution in [3.63, 3.8) is 0 Å². The Morgan fingerprint density at radius 1 is 1.00 bits per heavy atom. The topological polar surface area (TPSA) is 97.6 Å². The predicted molar refractivity (Wildman–Crippen MR) is 117 cm³/mol. The van der Waals surface area contributed by atoms with E-state index in [2.05, 4.69) is 25.6 Å². The van der Waals surface area contributed by atoms with E-state index in [0.717, 1.165) is 11.3 Å². The fourth-order valence-electron chi connectivity index (χ4n) is 3.60. The number of aromatic nitrogens is 5. The van der Waals surface area contributed by atoms with Crippen molar-refractivity contribution in [2.75, 3.05) is 10.6 Å².